The van der Waals surface area contributed by atoms with Crippen molar-refractivity contribution in [3.05, 3.63) is 131 Å². The Balaban J connectivity index is 1.80. The normalized spacial score (nSPS) is 11.9. The van der Waals surface area contributed by atoms with Crippen molar-refractivity contribution >= 4 is 27.5 Å². The van der Waals surface area contributed by atoms with Crippen molar-refractivity contribution in [1.29, 1.82) is 0 Å². The van der Waals surface area contributed by atoms with Crippen molar-refractivity contribution < 1.29 is 18.0 Å². The molecule has 4 aromatic rings. The number of benzene rings is 4. The van der Waals surface area contributed by atoms with Gasteiger partial charge in [-0.15, -0.1) is 0 Å². The third-order valence-electron chi connectivity index (χ3n) is 7.47. The van der Waals surface area contributed by atoms with Crippen molar-refractivity contribution in [3.63, 3.8) is 0 Å². The maximum absolute atomic E-state index is 14.5. The zero-order chi connectivity index (χ0) is 30.8. The summed E-state index contributed by atoms with van der Waals surface area (Å²) in [5.41, 5.74) is 3.81. The first-order valence-electron chi connectivity index (χ1n) is 14.5. The Hall–Kier alpha value is -4.43. The molecule has 0 radical (unpaired) electrons. The summed E-state index contributed by atoms with van der Waals surface area (Å²) in [7, 11) is -4.13. The largest absolute Gasteiger partial charge is 0.354 e. The Labute approximate surface area is 255 Å². The minimum absolute atomic E-state index is 0.0832. The van der Waals surface area contributed by atoms with Crippen LogP contribution in [0.25, 0.3) is 0 Å². The third-order valence-corrected chi connectivity index (χ3v) is 9.24. The minimum Gasteiger partial charge on any atom is -0.354 e. The first-order valence-corrected chi connectivity index (χ1v) is 16.0. The molecule has 8 heteroatoms. The zero-order valence-corrected chi connectivity index (χ0v) is 25.8. The second kappa shape index (κ2) is 14.6. The molecule has 0 saturated carbocycles. The number of aryl methyl sites for hydroxylation is 1. The van der Waals surface area contributed by atoms with E-state index in [-0.39, 0.29) is 23.8 Å². The summed E-state index contributed by atoms with van der Waals surface area (Å²) in [6, 6.07) is 31.6. The number of amides is 2. The molecule has 4 aromatic carbocycles. The first-order chi connectivity index (χ1) is 20.7. The van der Waals surface area contributed by atoms with Gasteiger partial charge < -0.3 is 10.2 Å². The predicted molar refractivity (Wildman–Crippen MR) is 171 cm³/mol. The second-order valence-electron chi connectivity index (χ2n) is 10.5. The van der Waals surface area contributed by atoms with Crippen LogP contribution in [0.1, 0.15) is 35.6 Å². The van der Waals surface area contributed by atoms with Crippen molar-refractivity contribution in [2.24, 2.45) is 0 Å². The van der Waals surface area contributed by atoms with E-state index in [1.807, 2.05) is 87.5 Å². The molecular weight excluding hydrogens is 558 g/mol. The highest BCUT2D eigenvalue weighted by molar-refractivity contribution is 7.92. The topological polar surface area (TPSA) is 86.8 Å². The Morgan fingerprint density at radius 2 is 1.35 bits per heavy atom. The minimum atomic E-state index is -4.13. The zero-order valence-electron chi connectivity index (χ0n) is 24.9. The Morgan fingerprint density at radius 3 is 1.95 bits per heavy atom. The molecular formula is C35H39N3O4S. The lowest BCUT2D eigenvalue weighted by molar-refractivity contribution is -0.140. The molecule has 0 bridgehead atoms. The van der Waals surface area contributed by atoms with Gasteiger partial charge in [-0.3, -0.25) is 13.9 Å². The number of rotatable bonds is 13. The lowest BCUT2D eigenvalue weighted by Gasteiger charge is -2.34. The molecule has 0 aliphatic rings. The summed E-state index contributed by atoms with van der Waals surface area (Å²) in [5, 5.41) is 2.97. The van der Waals surface area contributed by atoms with E-state index in [9.17, 15) is 18.0 Å². The lowest BCUT2D eigenvalue weighted by atomic mass is 10.0. The van der Waals surface area contributed by atoms with Gasteiger partial charge >= 0.3 is 0 Å². The number of carbonyl (C=O) groups excluding carboxylic acids is 2. The fourth-order valence-corrected chi connectivity index (χ4v) is 6.43. The van der Waals surface area contributed by atoms with Gasteiger partial charge in [0.25, 0.3) is 10.0 Å². The van der Waals surface area contributed by atoms with Gasteiger partial charge in [-0.25, -0.2) is 8.42 Å². The van der Waals surface area contributed by atoms with E-state index < -0.39 is 28.5 Å². The monoisotopic (exact) mass is 597 g/mol. The molecule has 0 saturated heterocycles. The molecule has 2 amide bonds. The van der Waals surface area contributed by atoms with Gasteiger partial charge in [0.1, 0.15) is 12.6 Å². The van der Waals surface area contributed by atoms with Crippen LogP contribution in [0.2, 0.25) is 0 Å². The van der Waals surface area contributed by atoms with Crippen molar-refractivity contribution in [3.8, 4) is 0 Å². The van der Waals surface area contributed by atoms with Crippen molar-refractivity contribution in [2.45, 2.75) is 51.1 Å². The van der Waals surface area contributed by atoms with Gasteiger partial charge in [0, 0.05) is 19.5 Å². The number of anilines is 1. The number of nitrogens with zero attached hydrogens (tertiary/aromatic N) is 2. The highest BCUT2D eigenvalue weighted by atomic mass is 32.2. The first kappa shape index (κ1) is 31.5. The van der Waals surface area contributed by atoms with E-state index in [0.717, 1.165) is 28.7 Å². The maximum atomic E-state index is 14.5. The quantitative estimate of drug-likeness (QED) is 0.215. The van der Waals surface area contributed by atoms with Crippen LogP contribution in [-0.4, -0.2) is 44.3 Å². The number of sulfonamides is 1. The predicted octanol–water partition coefficient (Wildman–Crippen LogP) is 5.67. The summed E-state index contributed by atoms with van der Waals surface area (Å²) in [6.45, 7) is 5.86. The van der Waals surface area contributed by atoms with E-state index in [0.29, 0.717) is 12.2 Å². The van der Waals surface area contributed by atoms with Gasteiger partial charge in [-0.2, -0.15) is 0 Å². The molecule has 1 N–H and O–H groups in total. The molecule has 0 heterocycles. The van der Waals surface area contributed by atoms with E-state index in [1.54, 1.807) is 30.3 Å². The van der Waals surface area contributed by atoms with Crippen LogP contribution in [-0.2, 0) is 32.6 Å². The Morgan fingerprint density at radius 1 is 0.767 bits per heavy atom. The van der Waals surface area contributed by atoms with Crippen LogP contribution in [0.15, 0.2) is 114 Å². The number of nitrogens with one attached hydrogen (secondary N) is 1. The fraction of sp³-hybridized carbons (Fsp3) is 0.257. The molecule has 0 aromatic heterocycles. The van der Waals surface area contributed by atoms with Crippen LogP contribution in [0.5, 0.6) is 0 Å². The van der Waals surface area contributed by atoms with Crippen LogP contribution >= 0.6 is 0 Å². The van der Waals surface area contributed by atoms with Crippen LogP contribution < -0.4 is 9.62 Å². The fourth-order valence-electron chi connectivity index (χ4n) is 4.94. The van der Waals surface area contributed by atoms with Crippen molar-refractivity contribution in [1.82, 2.24) is 10.2 Å². The SMILES string of the molecule is CCCNC(=O)[C@@H](Cc1ccccc1)N(Cc1ccccc1)C(=O)CN(c1cccc(C)c1C)S(=O)(=O)c1ccccc1. The highest BCUT2D eigenvalue weighted by Gasteiger charge is 2.35. The Bertz CT molecular complexity index is 1610. The van der Waals surface area contributed by atoms with Crippen LogP contribution in [0.4, 0.5) is 5.69 Å². The highest BCUT2D eigenvalue weighted by Crippen LogP contribution is 2.29. The van der Waals surface area contributed by atoms with E-state index >= 15 is 0 Å². The van der Waals surface area contributed by atoms with E-state index in [1.165, 1.54) is 21.3 Å². The summed E-state index contributed by atoms with van der Waals surface area (Å²) in [4.78, 5) is 29.7. The average Bonchev–Trinajstić information content (AvgIpc) is 3.03. The summed E-state index contributed by atoms with van der Waals surface area (Å²) >= 11 is 0. The number of carbonyl (C=O) groups is 2. The lowest BCUT2D eigenvalue weighted by Crippen LogP contribution is -2.53. The third kappa shape index (κ3) is 7.90. The van der Waals surface area contributed by atoms with E-state index in [2.05, 4.69) is 5.32 Å². The van der Waals surface area contributed by atoms with Gasteiger partial charge in [0.15, 0.2) is 0 Å². The van der Waals surface area contributed by atoms with Crippen LogP contribution in [0, 0.1) is 13.8 Å². The summed E-state index contributed by atoms with van der Waals surface area (Å²) < 4.78 is 29.4. The standard InChI is InChI=1S/C35H39N3O4S/c1-4-23-36-35(40)33(24-29-16-8-5-9-17-29)37(25-30-18-10-6-11-19-30)34(39)26-38(32-22-14-15-27(2)28(32)3)43(41,42)31-20-12-7-13-21-31/h5-22,33H,4,23-26H2,1-3H3,(H,36,40)/t33-/m1/s1. The average molecular weight is 598 g/mol. The van der Waals surface area contributed by atoms with Gasteiger partial charge in [0.2, 0.25) is 11.8 Å². The summed E-state index contributed by atoms with van der Waals surface area (Å²) in [5.74, 6) is -0.754. The molecule has 0 spiro atoms. The van der Waals surface area contributed by atoms with Gasteiger partial charge in [0.05, 0.1) is 10.6 Å². The smallest absolute Gasteiger partial charge is 0.264 e. The molecule has 224 valence electrons. The molecule has 0 aliphatic heterocycles. The van der Waals surface area contributed by atoms with E-state index in [4.69, 9.17) is 0 Å². The van der Waals surface area contributed by atoms with Crippen LogP contribution in [0.3, 0.4) is 0 Å². The summed E-state index contributed by atoms with van der Waals surface area (Å²) in [6.07, 6.45) is 1.02. The number of hydrogen-bond donors (Lipinski definition) is 1. The molecule has 7 nitrogen and oxygen atoms in total. The molecule has 43 heavy (non-hydrogen) atoms. The van der Waals surface area contributed by atoms with Gasteiger partial charge in [-0.1, -0.05) is 97.9 Å². The Kier molecular flexibility index (Phi) is 10.7. The van der Waals surface area contributed by atoms with Gasteiger partial charge in [-0.05, 0) is 60.7 Å². The molecule has 1 atom stereocenters. The molecule has 0 unspecified atom stereocenters. The molecule has 0 aliphatic carbocycles. The maximum Gasteiger partial charge on any atom is 0.264 e. The molecule has 0 fully saturated rings. The van der Waals surface area contributed by atoms with Crippen molar-refractivity contribution in [2.75, 3.05) is 17.4 Å². The molecule has 4 rings (SSSR count). The number of hydrogen-bond acceptors (Lipinski definition) is 4. The second-order valence-corrected chi connectivity index (χ2v) is 12.4.